The maximum absolute atomic E-state index is 11.9. The Morgan fingerprint density at radius 1 is 1.38 bits per heavy atom. The molecular formula is C16H21N3O2. The Labute approximate surface area is 125 Å². The normalized spacial score (nSPS) is 10.4. The summed E-state index contributed by atoms with van der Waals surface area (Å²) in [6.07, 6.45) is 5.08. The van der Waals surface area contributed by atoms with Gasteiger partial charge in [-0.2, -0.15) is 0 Å². The molecule has 21 heavy (non-hydrogen) atoms. The number of carbonyl (C=O) groups is 1. The highest BCUT2D eigenvalue weighted by Crippen LogP contribution is 2.18. The van der Waals surface area contributed by atoms with E-state index in [9.17, 15) is 4.79 Å². The second-order valence-corrected chi connectivity index (χ2v) is 4.82. The highest BCUT2D eigenvalue weighted by molar-refractivity contribution is 5.90. The van der Waals surface area contributed by atoms with Crippen LogP contribution in [0, 0.1) is 0 Å². The number of amides is 1. The summed E-state index contributed by atoms with van der Waals surface area (Å²) in [7, 11) is 1.80. The predicted molar refractivity (Wildman–Crippen MR) is 81.5 cm³/mol. The Bertz CT molecular complexity index is 593. The number of nitrogens with one attached hydrogen (secondary N) is 1. The van der Waals surface area contributed by atoms with Gasteiger partial charge in [-0.1, -0.05) is 25.1 Å². The van der Waals surface area contributed by atoms with Crippen LogP contribution in [0.15, 0.2) is 36.7 Å². The van der Waals surface area contributed by atoms with Gasteiger partial charge in [-0.15, -0.1) is 0 Å². The van der Waals surface area contributed by atoms with Gasteiger partial charge in [-0.3, -0.25) is 4.79 Å². The van der Waals surface area contributed by atoms with E-state index in [1.54, 1.807) is 24.0 Å². The van der Waals surface area contributed by atoms with E-state index >= 15 is 0 Å². The lowest BCUT2D eigenvalue weighted by molar-refractivity contribution is 0.0940. The van der Waals surface area contributed by atoms with Crippen LogP contribution >= 0.6 is 0 Å². The summed E-state index contributed by atoms with van der Waals surface area (Å²) in [5, 5.41) is 2.88. The Morgan fingerprint density at radius 2 is 2.19 bits per heavy atom. The summed E-state index contributed by atoms with van der Waals surface area (Å²) in [5.74, 6) is 1.16. The number of hydrogen-bond donors (Lipinski definition) is 1. The number of hydrogen-bond acceptors (Lipinski definition) is 3. The van der Waals surface area contributed by atoms with E-state index < -0.39 is 0 Å². The van der Waals surface area contributed by atoms with Crippen molar-refractivity contribution in [2.75, 3.05) is 13.2 Å². The summed E-state index contributed by atoms with van der Waals surface area (Å²) in [4.78, 5) is 16.0. The average molecular weight is 287 g/mol. The van der Waals surface area contributed by atoms with Gasteiger partial charge in [0, 0.05) is 26.0 Å². The number of ether oxygens (including phenoxy) is 1. The lowest BCUT2D eigenvalue weighted by Gasteiger charge is -2.11. The summed E-state index contributed by atoms with van der Waals surface area (Å²) in [6.45, 7) is 3.34. The fraction of sp³-hybridized carbons (Fsp3) is 0.375. The van der Waals surface area contributed by atoms with Gasteiger partial charge in [0.25, 0.3) is 5.91 Å². The molecule has 0 aliphatic carbocycles. The van der Waals surface area contributed by atoms with E-state index in [0.29, 0.717) is 19.0 Å². The highest BCUT2D eigenvalue weighted by Gasteiger charge is 2.10. The van der Waals surface area contributed by atoms with Crippen molar-refractivity contribution in [1.29, 1.82) is 0 Å². The molecule has 1 N–H and O–H groups in total. The molecule has 0 saturated heterocycles. The minimum Gasteiger partial charge on any atom is -0.493 e. The Morgan fingerprint density at radius 3 is 2.90 bits per heavy atom. The van der Waals surface area contributed by atoms with Gasteiger partial charge >= 0.3 is 0 Å². The van der Waals surface area contributed by atoms with E-state index in [4.69, 9.17) is 4.74 Å². The van der Waals surface area contributed by atoms with Gasteiger partial charge in [-0.05, 0) is 24.5 Å². The van der Waals surface area contributed by atoms with Crippen LogP contribution < -0.4 is 10.1 Å². The molecule has 2 rings (SSSR count). The second-order valence-electron chi connectivity index (χ2n) is 4.82. The van der Waals surface area contributed by atoms with E-state index in [1.165, 1.54) is 0 Å². The molecule has 1 heterocycles. The molecule has 0 spiro atoms. The molecule has 0 bridgehead atoms. The van der Waals surface area contributed by atoms with Crippen molar-refractivity contribution in [2.45, 2.75) is 19.8 Å². The van der Waals surface area contributed by atoms with Crippen molar-refractivity contribution in [2.24, 2.45) is 7.05 Å². The number of carbonyl (C=O) groups excluding carboxylic acids is 1. The van der Waals surface area contributed by atoms with Crippen LogP contribution in [0.4, 0.5) is 0 Å². The van der Waals surface area contributed by atoms with Gasteiger partial charge in [0.05, 0.1) is 6.61 Å². The first kappa shape index (κ1) is 15.1. The standard InChI is InChI=1S/C16H21N3O2/c1-3-12-21-14-7-5-4-6-13(14)8-9-18-16(20)15-17-10-11-19(15)2/h4-7,10-11H,3,8-9,12H2,1-2H3,(H,18,20). The summed E-state index contributed by atoms with van der Waals surface area (Å²) >= 11 is 0. The number of aromatic nitrogens is 2. The monoisotopic (exact) mass is 287 g/mol. The third-order valence-corrected chi connectivity index (χ3v) is 3.14. The zero-order valence-corrected chi connectivity index (χ0v) is 12.5. The number of para-hydroxylation sites is 1. The molecule has 0 unspecified atom stereocenters. The smallest absolute Gasteiger partial charge is 0.287 e. The molecule has 0 aliphatic rings. The van der Waals surface area contributed by atoms with Crippen LogP contribution in [-0.4, -0.2) is 28.6 Å². The molecular weight excluding hydrogens is 266 g/mol. The van der Waals surface area contributed by atoms with E-state index in [2.05, 4.69) is 17.2 Å². The molecule has 2 aromatic rings. The first-order valence-corrected chi connectivity index (χ1v) is 7.18. The second kappa shape index (κ2) is 7.47. The highest BCUT2D eigenvalue weighted by atomic mass is 16.5. The molecule has 0 saturated carbocycles. The largest absolute Gasteiger partial charge is 0.493 e. The maximum Gasteiger partial charge on any atom is 0.287 e. The van der Waals surface area contributed by atoms with E-state index in [0.717, 1.165) is 24.2 Å². The lowest BCUT2D eigenvalue weighted by Crippen LogP contribution is -2.28. The Hall–Kier alpha value is -2.30. The Kier molecular flexibility index (Phi) is 5.37. The summed E-state index contributed by atoms with van der Waals surface area (Å²) < 4.78 is 7.41. The topological polar surface area (TPSA) is 56.1 Å². The molecule has 1 aromatic carbocycles. The minimum atomic E-state index is -0.158. The molecule has 0 atom stereocenters. The van der Waals surface area contributed by atoms with Gasteiger partial charge in [-0.25, -0.2) is 4.98 Å². The van der Waals surface area contributed by atoms with Crippen molar-refractivity contribution in [3.63, 3.8) is 0 Å². The number of rotatable bonds is 7. The first-order valence-electron chi connectivity index (χ1n) is 7.18. The maximum atomic E-state index is 11.9. The molecule has 0 aliphatic heterocycles. The third-order valence-electron chi connectivity index (χ3n) is 3.14. The summed E-state index contributed by atoms with van der Waals surface area (Å²) in [6, 6.07) is 7.93. The number of nitrogens with zero attached hydrogens (tertiary/aromatic N) is 2. The molecule has 112 valence electrons. The van der Waals surface area contributed by atoms with Crippen LogP contribution in [0.2, 0.25) is 0 Å². The van der Waals surface area contributed by atoms with E-state index in [-0.39, 0.29) is 5.91 Å². The van der Waals surface area contributed by atoms with Gasteiger partial charge < -0.3 is 14.6 Å². The van der Waals surface area contributed by atoms with Crippen molar-refractivity contribution >= 4 is 5.91 Å². The molecule has 0 fully saturated rings. The quantitative estimate of drug-likeness (QED) is 0.849. The minimum absolute atomic E-state index is 0.158. The fourth-order valence-corrected chi connectivity index (χ4v) is 2.04. The molecule has 1 aromatic heterocycles. The van der Waals surface area contributed by atoms with Gasteiger partial charge in [0.2, 0.25) is 0 Å². The number of imidazole rings is 1. The SMILES string of the molecule is CCCOc1ccccc1CCNC(=O)c1nccn1C. The lowest BCUT2D eigenvalue weighted by atomic mass is 10.1. The van der Waals surface area contributed by atoms with Crippen LogP contribution in [0.5, 0.6) is 5.75 Å². The molecule has 5 nitrogen and oxygen atoms in total. The van der Waals surface area contributed by atoms with Crippen molar-refractivity contribution in [1.82, 2.24) is 14.9 Å². The average Bonchev–Trinajstić information content (AvgIpc) is 2.92. The van der Waals surface area contributed by atoms with Gasteiger partial charge in [0.15, 0.2) is 5.82 Å². The Balaban J connectivity index is 1.89. The van der Waals surface area contributed by atoms with Crippen LogP contribution in [0.1, 0.15) is 29.5 Å². The summed E-state index contributed by atoms with van der Waals surface area (Å²) in [5.41, 5.74) is 1.10. The van der Waals surface area contributed by atoms with Crippen molar-refractivity contribution in [3.05, 3.63) is 48.0 Å². The van der Waals surface area contributed by atoms with Crippen molar-refractivity contribution < 1.29 is 9.53 Å². The molecule has 5 heteroatoms. The molecule has 1 amide bonds. The first-order chi connectivity index (χ1) is 10.2. The number of aryl methyl sites for hydroxylation is 1. The third kappa shape index (κ3) is 4.08. The van der Waals surface area contributed by atoms with E-state index in [1.807, 2.05) is 24.3 Å². The van der Waals surface area contributed by atoms with Crippen LogP contribution in [-0.2, 0) is 13.5 Å². The predicted octanol–water partition coefficient (Wildman–Crippen LogP) is 2.18. The molecule has 0 radical (unpaired) electrons. The van der Waals surface area contributed by atoms with Crippen molar-refractivity contribution in [3.8, 4) is 5.75 Å². The number of benzene rings is 1. The zero-order valence-electron chi connectivity index (χ0n) is 12.5. The fourth-order valence-electron chi connectivity index (χ4n) is 2.04. The van der Waals surface area contributed by atoms with Crippen LogP contribution in [0.3, 0.4) is 0 Å². The zero-order chi connectivity index (χ0) is 15.1. The van der Waals surface area contributed by atoms with Crippen LogP contribution in [0.25, 0.3) is 0 Å². The van der Waals surface area contributed by atoms with Gasteiger partial charge in [0.1, 0.15) is 5.75 Å².